The molecule has 1 aliphatic heterocycles. The van der Waals surface area contributed by atoms with E-state index in [9.17, 15) is 27.6 Å². The molecule has 1 aliphatic rings. The highest BCUT2D eigenvalue weighted by molar-refractivity contribution is 8.00. The Labute approximate surface area is 240 Å². The Bertz CT molecular complexity index is 1400. The standard InChI is InChI=1S/C29H30F3N5O3S/c1-28(2)26(39)37(22-9-11-23(12-10-22)41-29(30,31)32)27(40)36(28)19-21-13-15-33-24(17-21)34-25(38)14-16-35(3)18-20-7-5-4-6-8-20/h4-13,15,17H,14,16,18-19H2,1-3H3,(H,33,34,38). The Morgan fingerprint density at radius 1 is 1.02 bits per heavy atom. The first-order valence-electron chi connectivity index (χ1n) is 12.8. The van der Waals surface area contributed by atoms with Gasteiger partial charge in [-0.2, -0.15) is 13.2 Å². The minimum absolute atomic E-state index is 0.0503. The minimum Gasteiger partial charge on any atom is -0.311 e. The summed E-state index contributed by atoms with van der Waals surface area (Å²) in [6.45, 7) is 4.54. The quantitative estimate of drug-likeness (QED) is 0.236. The summed E-state index contributed by atoms with van der Waals surface area (Å²) in [6, 6.07) is 17.8. The molecule has 41 heavy (non-hydrogen) atoms. The molecule has 1 saturated heterocycles. The van der Waals surface area contributed by atoms with E-state index in [1.807, 2.05) is 42.3 Å². The van der Waals surface area contributed by atoms with Gasteiger partial charge < -0.3 is 15.1 Å². The minimum atomic E-state index is -4.44. The van der Waals surface area contributed by atoms with E-state index in [1.54, 1.807) is 26.0 Å². The average molecular weight is 586 g/mol. The lowest BCUT2D eigenvalue weighted by atomic mass is 10.0. The number of nitrogens with zero attached hydrogens (tertiary/aromatic N) is 4. The van der Waals surface area contributed by atoms with Crippen LogP contribution in [0.2, 0.25) is 0 Å². The van der Waals surface area contributed by atoms with Gasteiger partial charge in [-0.05, 0) is 80.2 Å². The van der Waals surface area contributed by atoms with Crippen molar-refractivity contribution in [1.29, 1.82) is 0 Å². The summed E-state index contributed by atoms with van der Waals surface area (Å²) in [5.74, 6) is -0.384. The SMILES string of the molecule is CN(CCC(=O)Nc1cc(CN2C(=O)N(c3ccc(SC(F)(F)F)cc3)C(=O)C2(C)C)ccn1)Cc1ccccc1. The second-order valence-electron chi connectivity index (χ2n) is 10.2. The lowest BCUT2D eigenvalue weighted by molar-refractivity contribution is -0.123. The van der Waals surface area contributed by atoms with Crippen molar-refractivity contribution in [3.05, 3.63) is 84.1 Å². The van der Waals surface area contributed by atoms with E-state index < -0.39 is 23.0 Å². The van der Waals surface area contributed by atoms with Crippen LogP contribution in [0.15, 0.2) is 77.8 Å². The van der Waals surface area contributed by atoms with Crippen LogP contribution in [0, 0.1) is 0 Å². The van der Waals surface area contributed by atoms with Crippen LogP contribution in [-0.4, -0.2) is 57.3 Å². The molecule has 2 aromatic carbocycles. The number of hydrogen-bond acceptors (Lipinski definition) is 6. The first-order chi connectivity index (χ1) is 19.3. The Hall–Kier alpha value is -3.90. The molecule has 12 heteroatoms. The lowest BCUT2D eigenvalue weighted by Gasteiger charge is -2.27. The largest absolute Gasteiger partial charge is 0.446 e. The van der Waals surface area contributed by atoms with Gasteiger partial charge in [0.2, 0.25) is 5.91 Å². The molecule has 1 aromatic heterocycles. The summed E-state index contributed by atoms with van der Waals surface area (Å²) in [5.41, 5.74) is -3.68. The topological polar surface area (TPSA) is 85.9 Å². The highest BCUT2D eigenvalue weighted by Gasteiger charge is 2.51. The molecule has 0 radical (unpaired) electrons. The molecule has 0 atom stereocenters. The Morgan fingerprint density at radius 3 is 2.37 bits per heavy atom. The van der Waals surface area contributed by atoms with Gasteiger partial charge in [0.15, 0.2) is 0 Å². The number of carbonyl (C=O) groups excluding carboxylic acids is 3. The molecular formula is C29H30F3N5O3S. The summed E-state index contributed by atoms with van der Waals surface area (Å²) in [7, 11) is 1.94. The molecular weight excluding hydrogens is 555 g/mol. The van der Waals surface area contributed by atoms with Crippen molar-refractivity contribution in [3.8, 4) is 0 Å². The third-order valence-electron chi connectivity index (χ3n) is 6.60. The van der Waals surface area contributed by atoms with Gasteiger partial charge in [0.25, 0.3) is 5.91 Å². The number of nitrogens with one attached hydrogen (secondary N) is 1. The highest BCUT2D eigenvalue weighted by atomic mass is 32.2. The first-order valence-corrected chi connectivity index (χ1v) is 13.6. The number of halogens is 3. The van der Waals surface area contributed by atoms with Crippen molar-refractivity contribution < 1.29 is 27.6 Å². The molecule has 0 bridgehead atoms. The number of pyridine rings is 1. The number of hydrogen-bond donors (Lipinski definition) is 1. The van der Waals surface area contributed by atoms with E-state index in [0.29, 0.717) is 24.5 Å². The van der Waals surface area contributed by atoms with Crippen molar-refractivity contribution >= 4 is 41.1 Å². The molecule has 4 amide bonds. The van der Waals surface area contributed by atoms with Crippen LogP contribution < -0.4 is 10.2 Å². The second kappa shape index (κ2) is 12.3. The molecule has 8 nitrogen and oxygen atoms in total. The molecule has 0 aliphatic carbocycles. The summed E-state index contributed by atoms with van der Waals surface area (Å²) in [4.78, 5) is 47.7. The fourth-order valence-electron chi connectivity index (χ4n) is 4.42. The van der Waals surface area contributed by atoms with Crippen molar-refractivity contribution in [1.82, 2.24) is 14.8 Å². The van der Waals surface area contributed by atoms with E-state index in [0.717, 1.165) is 10.5 Å². The number of anilines is 2. The summed E-state index contributed by atoms with van der Waals surface area (Å²) in [6.07, 6.45) is 1.77. The third kappa shape index (κ3) is 7.65. The van der Waals surface area contributed by atoms with Crippen LogP contribution in [0.25, 0.3) is 0 Å². The zero-order chi connectivity index (χ0) is 29.8. The summed E-state index contributed by atoms with van der Waals surface area (Å²) in [5, 5.41) is 2.78. The van der Waals surface area contributed by atoms with Crippen LogP contribution in [0.3, 0.4) is 0 Å². The second-order valence-corrected chi connectivity index (χ2v) is 11.3. The number of urea groups is 1. The number of amides is 4. The normalized spacial score (nSPS) is 15.1. The van der Waals surface area contributed by atoms with E-state index in [1.165, 1.54) is 35.4 Å². The van der Waals surface area contributed by atoms with Crippen molar-refractivity contribution in [2.75, 3.05) is 23.8 Å². The number of aromatic nitrogens is 1. The number of carbonyl (C=O) groups is 3. The number of rotatable bonds is 10. The van der Waals surface area contributed by atoms with Crippen molar-refractivity contribution in [2.45, 2.75) is 49.3 Å². The van der Waals surface area contributed by atoms with Gasteiger partial charge in [-0.25, -0.2) is 14.7 Å². The van der Waals surface area contributed by atoms with Gasteiger partial charge in [0, 0.05) is 37.1 Å². The smallest absolute Gasteiger partial charge is 0.311 e. The van der Waals surface area contributed by atoms with Gasteiger partial charge in [0.1, 0.15) is 11.4 Å². The van der Waals surface area contributed by atoms with Crippen molar-refractivity contribution in [2.24, 2.45) is 0 Å². The maximum Gasteiger partial charge on any atom is 0.446 e. The first kappa shape index (κ1) is 30.1. The number of imide groups is 1. The Morgan fingerprint density at radius 2 is 1.71 bits per heavy atom. The summed E-state index contributed by atoms with van der Waals surface area (Å²) >= 11 is -0.272. The predicted octanol–water partition coefficient (Wildman–Crippen LogP) is 5.90. The Kier molecular flexibility index (Phi) is 9.03. The van der Waals surface area contributed by atoms with Gasteiger partial charge in [-0.3, -0.25) is 9.59 Å². The van der Waals surface area contributed by atoms with Gasteiger partial charge in [-0.15, -0.1) is 0 Å². The molecule has 0 saturated carbocycles. The number of alkyl halides is 3. The molecule has 1 fully saturated rings. The van der Waals surface area contributed by atoms with Crippen LogP contribution in [0.5, 0.6) is 0 Å². The van der Waals surface area contributed by atoms with E-state index in [4.69, 9.17) is 0 Å². The zero-order valence-electron chi connectivity index (χ0n) is 22.8. The zero-order valence-corrected chi connectivity index (χ0v) is 23.6. The fraction of sp³-hybridized carbons (Fsp3) is 0.310. The van der Waals surface area contributed by atoms with Gasteiger partial charge in [0.05, 0.1) is 5.69 Å². The predicted molar refractivity (Wildman–Crippen MR) is 151 cm³/mol. The molecule has 3 aromatic rings. The monoisotopic (exact) mass is 585 g/mol. The van der Waals surface area contributed by atoms with Crippen LogP contribution in [0.4, 0.5) is 29.5 Å². The fourth-order valence-corrected chi connectivity index (χ4v) is 4.96. The lowest BCUT2D eigenvalue weighted by Crippen LogP contribution is -2.43. The van der Waals surface area contributed by atoms with Crippen LogP contribution in [-0.2, 0) is 22.7 Å². The van der Waals surface area contributed by atoms with Gasteiger partial charge >= 0.3 is 11.5 Å². The average Bonchev–Trinajstić information content (AvgIpc) is 3.07. The van der Waals surface area contributed by atoms with Crippen LogP contribution in [0.1, 0.15) is 31.4 Å². The highest BCUT2D eigenvalue weighted by Crippen LogP contribution is 2.39. The maximum atomic E-state index is 13.3. The molecule has 0 unspecified atom stereocenters. The molecule has 0 spiro atoms. The van der Waals surface area contributed by atoms with Gasteiger partial charge in [-0.1, -0.05) is 30.3 Å². The summed E-state index contributed by atoms with van der Waals surface area (Å²) < 4.78 is 38.0. The van der Waals surface area contributed by atoms with Crippen LogP contribution >= 0.6 is 11.8 Å². The van der Waals surface area contributed by atoms with E-state index in [-0.39, 0.29) is 41.2 Å². The maximum absolute atomic E-state index is 13.3. The molecule has 4 rings (SSSR count). The molecule has 2 heterocycles. The van der Waals surface area contributed by atoms with Crippen molar-refractivity contribution in [3.63, 3.8) is 0 Å². The third-order valence-corrected chi connectivity index (χ3v) is 7.34. The molecule has 1 N–H and O–H groups in total. The van der Waals surface area contributed by atoms with E-state index >= 15 is 0 Å². The van der Waals surface area contributed by atoms with E-state index in [2.05, 4.69) is 10.3 Å². The number of thioether (sulfide) groups is 1. The molecule has 216 valence electrons. The number of benzene rings is 2. The Balaban J connectivity index is 1.38.